The maximum absolute atomic E-state index is 13.6. The maximum atomic E-state index is 13.6. The smallest absolute Gasteiger partial charge is 0.319 e. The van der Waals surface area contributed by atoms with Crippen molar-refractivity contribution in [2.24, 2.45) is 0 Å². The fourth-order valence-corrected chi connectivity index (χ4v) is 3.82. The number of ether oxygens (including phenoxy) is 3. The van der Waals surface area contributed by atoms with Gasteiger partial charge in [-0.15, -0.1) is 0 Å². The van der Waals surface area contributed by atoms with Crippen molar-refractivity contribution < 1.29 is 23.4 Å². The minimum Gasteiger partial charge on any atom is -0.478 e. The quantitative estimate of drug-likeness (QED) is 0.541. The van der Waals surface area contributed by atoms with Gasteiger partial charge in [0.05, 0.1) is 44.2 Å². The third-order valence-corrected chi connectivity index (χ3v) is 5.49. The van der Waals surface area contributed by atoms with Gasteiger partial charge < -0.3 is 19.1 Å². The van der Waals surface area contributed by atoms with E-state index in [1.165, 1.54) is 12.1 Å². The molecule has 1 fully saturated rings. The van der Waals surface area contributed by atoms with Crippen LogP contribution in [-0.2, 0) is 16.0 Å². The van der Waals surface area contributed by atoms with Gasteiger partial charge in [0, 0.05) is 23.7 Å². The highest BCUT2D eigenvalue weighted by Gasteiger charge is 2.28. The molecule has 174 valence electrons. The molecule has 3 heterocycles. The van der Waals surface area contributed by atoms with E-state index in [9.17, 15) is 9.18 Å². The molecule has 1 aliphatic heterocycles. The number of halogens is 1. The monoisotopic (exact) mass is 454 g/mol. The van der Waals surface area contributed by atoms with Crippen molar-refractivity contribution in [1.82, 2.24) is 19.9 Å². The summed E-state index contributed by atoms with van der Waals surface area (Å²) in [6, 6.07) is 6.62. The molecule has 0 bridgehead atoms. The van der Waals surface area contributed by atoms with Crippen LogP contribution in [0.25, 0.3) is 10.8 Å². The van der Waals surface area contributed by atoms with Gasteiger partial charge in [-0.05, 0) is 50.4 Å². The maximum Gasteiger partial charge on any atom is 0.319 e. The summed E-state index contributed by atoms with van der Waals surface area (Å²) in [5.41, 5.74) is 1.96. The Balaban J connectivity index is 1.51. The van der Waals surface area contributed by atoms with Gasteiger partial charge in [-0.2, -0.15) is 4.98 Å². The first-order chi connectivity index (χ1) is 16.0. The SMILES string of the molecule is CCOc1nc(C)c(CC(=O)N2CCO[C@@H](c3cc4cc(F)ccc4cn3)C2)c(OCC)n1. The molecule has 1 saturated heterocycles. The van der Waals surface area contributed by atoms with Crippen LogP contribution in [0.2, 0.25) is 0 Å². The molecule has 0 saturated carbocycles. The fraction of sp³-hybridized carbons (Fsp3) is 0.417. The fourth-order valence-electron chi connectivity index (χ4n) is 3.82. The van der Waals surface area contributed by atoms with Crippen molar-refractivity contribution in [1.29, 1.82) is 0 Å². The molecule has 0 N–H and O–H groups in total. The lowest BCUT2D eigenvalue weighted by Gasteiger charge is -2.33. The zero-order valence-corrected chi connectivity index (χ0v) is 19.0. The summed E-state index contributed by atoms with van der Waals surface area (Å²) >= 11 is 0. The van der Waals surface area contributed by atoms with Gasteiger partial charge in [0.2, 0.25) is 11.8 Å². The first-order valence-electron chi connectivity index (χ1n) is 11.1. The summed E-state index contributed by atoms with van der Waals surface area (Å²) in [4.78, 5) is 28.1. The number of aryl methyl sites for hydroxylation is 1. The standard InChI is InChI=1S/C24H27FN4O4/c1-4-31-23-19(15(3)27-24(28-23)32-5-2)12-22(30)29-8-9-33-21(14-29)20-11-17-10-18(25)7-6-16(17)13-26-20/h6-7,10-11,13,21H,4-5,8-9,12,14H2,1-3H3/t21-/m1/s1. The summed E-state index contributed by atoms with van der Waals surface area (Å²) in [6.07, 6.45) is 1.42. The van der Waals surface area contributed by atoms with Crippen LogP contribution in [0.1, 0.15) is 36.9 Å². The second kappa shape index (κ2) is 10.1. The summed E-state index contributed by atoms with van der Waals surface area (Å²) in [7, 11) is 0. The van der Waals surface area contributed by atoms with Crippen molar-refractivity contribution in [3.8, 4) is 11.9 Å². The molecular formula is C24H27FN4O4. The topological polar surface area (TPSA) is 86.7 Å². The summed E-state index contributed by atoms with van der Waals surface area (Å²) in [6.45, 7) is 7.59. The number of hydrogen-bond acceptors (Lipinski definition) is 7. The second-order valence-electron chi connectivity index (χ2n) is 7.72. The molecule has 0 unspecified atom stereocenters. The Morgan fingerprint density at radius 1 is 1.18 bits per heavy atom. The molecule has 0 radical (unpaired) electrons. The molecule has 8 nitrogen and oxygen atoms in total. The van der Waals surface area contributed by atoms with E-state index in [0.717, 1.165) is 10.8 Å². The molecule has 33 heavy (non-hydrogen) atoms. The molecule has 1 atom stereocenters. The molecule has 9 heteroatoms. The zero-order valence-electron chi connectivity index (χ0n) is 19.0. The number of amides is 1. The van der Waals surface area contributed by atoms with Gasteiger partial charge in [0.15, 0.2) is 0 Å². The van der Waals surface area contributed by atoms with Crippen LogP contribution in [0.5, 0.6) is 11.9 Å². The molecule has 2 aromatic heterocycles. The van der Waals surface area contributed by atoms with Gasteiger partial charge in [0.25, 0.3) is 0 Å². The highest BCUT2D eigenvalue weighted by molar-refractivity contribution is 5.82. The number of carbonyl (C=O) groups excluding carboxylic acids is 1. The minimum atomic E-state index is -0.389. The van der Waals surface area contributed by atoms with E-state index >= 15 is 0 Å². The molecule has 0 spiro atoms. The van der Waals surface area contributed by atoms with Gasteiger partial charge in [-0.3, -0.25) is 9.78 Å². The number of hydrogen-bond donors (Lipinski definition) is 0. The first-order valence-corrected chi connectivity index (χ1v) is 11.1. The van der Waals surface area contributed by atoms with E-state index in [0.29, 0.717) is 55.7 Å². The average molecular weight is 455 g/mol. The number of aromatic nitrogens is 3. The van der Waals surface area contributed by atoms with Crippen molar-refractivity contribution in [2.45, 2.75) is 33.3 Å². The number of rotatable bonds is 7. The Hall–Kier alpha value is -3.33. The van der Waals surface area contributed by atoms with Gasteiger partial charge in [-0.25, -0.2) is 9.37 Å². The van der Waals surface area contributed by atoms with E-state index in [-0.39, 0.29) is 30.3 Å². The Morgan fingerprint density at radius 3 is 2.79 bits per heavy atom. The number of carbonyl (C=O) groups is 1. The van der Waals surface area contributed by atoms with Crippen LogP contribution in [0, 0.1) is 12.7 Å². The number of benzene rings is 1. The Labute approximate surface area is 191 Å². The lowest BCUT2D eigenvalue weighted by molar-refractivity contribution is -0.138. The lowest BCUT2D eigenvalue weighted by atomic mass is 10.1. The average Bonchev–Trinajstić information content (AvgIpc) is 2.81. The van der Waals surface area contributed by atoms with Crippen LogP contribution >= 0.6 is 0 Å². The Kier molecular flexibility index (Phi) is 6.98. The highest BCUT2D eigenvalue weighted by Crippen LogP contribution is 2.27. The first kappa shape index (κ1) is 22.8. The van der Waals surface area contributed by atoms with Crippen molar-refractivity contribution in [3.05, 3.63) is 53.2 Å². The Morgan fingerprint density at radius 2 is 2.00 bits per heavy atom. The zero-order chi connectivity index (χ0) is 23.4. The predicted octanol–water partition coefficient (Wildman–Crippen LogP) is 3.41. The molecule has 0 aliphatic carbocycles. The van der Waals surface area contributed by atoms with Crippen LogP contribution < -0.4 is 9.47 Å². The number of nitrogens with zero attached hydrogens (tertiary/aromatic N) is 4. The predicted molar refractivity (Wildman–Crippen MR) is 120 cm³/mol. The molecule has 3 aromatic rings. The van der Waals surface area contributed by atoms with E-state index in [1.807, 2.05) is 26.8 Å². The third-order valence-electron chi connectivity index (χ3n) is 5.49. The van der Waals surface area contributed by atoms with Crippen molar-refractivity contribution in [3.63, 3.8) is 0 Å². The summed E-state index contributed by atoms with van der Waals surface area (Å²) in [5, 5.41) is 1.59. The summed E-state index contributed by atoms with van der Waals surface area (Å²) < 4.78 is 30.6. The van der Waals surface area contributed by atoms with Crippen molar-refractivity contribution >= 4 is 16.7 Å². The highest BCUT2D eigenvalue weighted by atomic mass is 19.1. The van der Waals surface area contributed by atoms with Crippen molar-refractivity contribution in [2.75, 3.05) is 32.9 Å². The third kappa shape index (κ3) is 5.19. The number of morpholine rings is 1. The van der Waals surface area contributed by atoms with Gasteiger partial charge >= 0.3 is 6.01 Å². The molecule has 1 aliphatic rings. The molecule has 1 aromatic carbocycles. The van der Waals surface area contributed by atoms with E-state index in [1.54, 1.807) is 17.2 Å². The number of fused-ring (bicyclic) bond motifs is 1. The molecule has 1 amide bonds. The van der Waals surface area contributed by atoms with E-state index in [4.69, 9.17) is 14.2 Å². The number of pyridine rings is 1. The molecule has 4 rings (SSSR count). The molecular weight excluding hydrogens is 427 g/mol. The van der Waals surface area contributed by atoms with Gasteiger partial charge in [0.1, 0.15) is 11.9 Å². The second-order valence-corrected chi connectivity index (χ2v) is 7.72. The van der Waals surface area contributed by atoms with E-state index < -0.39 is 0 Å². The van der Waals surface area contributed by atoms with Crippen LogP contribution in [0.3, 0.4) is 0 Å². The van der Waals surface area contributed by atoms with Crippen LogP contribution in [0.4, 0.5) is 4.39 Å². The van der Waals surface area contributed by atoms with E-state index in [2.05, 4.69) is 15.0 Å². The summed E-state index contributed by atoms with van der Waals surface area (Å²) in [5.74, 6) is -0.0177. The normalized spacial score (nSPS) is 16.1. The van der Waals surface area contributed by atoms with Crippen LogP contribution in [-0.4, -0.2) is 58.7 Å². The lowest BCUT2D eigenvalue weighted by Crippen LogP contribution is -2.43. The minimum absolute atomic E-state index is 0.0769. The largest absolute Gasteiger partial charge is 0.478 e. The van der Waals surface area contributed by atoms with Gasteiger partial charge in [-0.1, -0.05) is 0 Å². The Bertz CT molecular complexity index is 1160. The van der Waals surface area contributed by atoms with Crippen LogP contribution in [0.15, 0.2) is 30.5 Å².